The molecule has 0 bridgehead atoms. The monoisotopic (exact) mass is 243 g/mol. The van der Waals surface area contributed by atoms with Crippen LogP contribution in [-0.2, 0) is 9.53 Å². The summed E-state index contributed by atoms with van der Waals surface area (Å²) >= 11 is 0. The van der Waals surface area contributed by atoms with Crippen LogP contribution in [0.5, 0.6) is 0 Å². The van der Waals surface area contributed by atoms with E-state index in [0.29, 0.717) is 19.4 Å². The third-order valence-corrected chi connectivity index (χ3v) is 2.18. The Labute approximate surface area is 104 Å². The maximum atomic E-state index is 11.9. The average molecular weight is 243 g/mol. The summed E-state index contributed by atoms with van der Waals surface area (Å²) < 4.78 is 5.32. The highest BCUT2D eigenvalue weighted by Gasteiger charge is 2.23. The fourth-order valence-corrected chi connectivity index (χ4v) is 1.38. The quantitative estimate of drug-likeness (QED) is 0.745. The molecule has 4 heteroatoms. The van der Waals surface area contributed by atoms with Gasteiger partial charge in [0.15, 0.2) is 0 Å². The van der Waals surface area contributed by atoms with E-state index < -0.39 is 5.60 Å². The summed E-state index contributed by atoms with van der Waals surface area (Å²) in [6.45, 7) is 11.5. The van der Waals surface area contributed by atoms with E-state index in [4.69, 9.17) is 4.74 Å². The zero-order valence-electron chi connectivity index (χ0n) is 11.9. The maximum absolute atomic E-state index is 11.9. The molecule has 0 aromatic carbocycles. The second-order valence-electron chi connectivity index (χ2n) is 5.57. The zero-order chi connectivity index (χ0) is 13.6. The number of hydrogen-bond acceptors (Lipinski definition) is 3. The number of ether oxygens (including phenoxy) is 1. The maximum Gasteiger partial charge on any atom is 0.410 e. The summed E-state index contributed by atoms with van der Waals surface area (Å²) in [4.78, 5) is 24.4. The Balaban J connectivity index is 4.32. The van der Waals surface area contributed by atoms with Gasteiger partial charge in [-0.3, -0.25) is 0 Å². The zero-order valence-corrected chi connectivity index (χ0v) is 11.9. The molecule has 4 nitrogen and oxygen atoms in total. The third kappa shape index (κ3) is 7.77. The van der Waals surface area contributed by atoms with Crippen LogP contribution < -0.4 is 0 Å². The van der Waals surface area contributed by atoms with Crippen LogP contribution in [0.4, 0.5) is 4.79 Å². The predicted octanol–water partition coefficient (Wildman–Crippen LogP) is 3.00. The van der Waals surface area contributed by atoms with Gasteiger partial charge in [-0.1, -0.05) is 0 Å². The number of Topliss-reactive ketones (excluding diaryl/α,β-unsaturated/α-hetero) is 1. The Morgan fingerprint density at radius 2 is 1.76 bits per heavy atom. The third-order valence-electron chi connectivity index (χ3n) is 2.18. The largest absolute Gasteiger partial charge is 0.444 e. The van der Waals surface area contributed by atoms with Crippen LogP contribution in [-0.4, -0.2) is 35.0 Å². The van der Waals surface area contributed by atoms with Crippen molar-refractivity contribution in [3.63, 3.8) is 0 Å². The topological polar surface area (TPSA) is 46.6 Å². The molecule has 0 heterocycles. The first-order valence-corrected chi connectivity index (χ1v) is 6.12. The van der Waals surface area contributed by atoms with Crippen molar-refractivity contribution in [1.82, 2.24) is 4.90 Å². The molecular weight excluding hydrogens is 218 g/mol. The van der Waals surface area contributed by atoms with Crippen LogP contribution in [0, 0.1) is 0 Å². The Morgan fingerprint density at radius 3 is 2.12 bits per heavy atom. The minimum Gasteiger partial charge on any atom is -0.444 e. The van der Waals surface area contributed by atoms with Gasteiger partial charge in [-0.2, -0.15) is 0 Å². The van der Waals surface area contributed by atoms with Gasteiger partial charge in [0.05, 0.1) is 0 Å². The van der Waals surface area contributed by atoms with E-state index in [0.717, 1.165) is 0 Å². The number of hydrogen-bond donors (Lipinski definition) is 0. The molecule has 0 rings (SSSR count). The second-order valence-corrected chi connectivity index (χ2v) is 5.57. The van der Waals surface area contributed by atoms with Gasteiger partial charge in [-0.05, 0) is 48.0 Å². The van der Waals surface area contributed by atoms with E-state index in [1.54, 1.807) is 11.8 Å². The van der Waals surface area contributed by atoms with Crippen molar-refractivity contribution in [3.8, 4) is 0 Å². The lowest BCUT2D eigenvalue weighted by Gasteiger charge is -2.30. The second kappa shape index (κ2) is 6.62. The van der Waals surface area contributed by atoms with Gasteiger partial charge in [0.25, 0.3) is 0 Å². The van der Waals surface area contributed by atoms with Gasteiger partial charge in [0.1, 0.15) is 11.4 Å². The first-order chi connectivity index (χ1) is 7.63. The first-order valence-electron chi connectivity index (χ1n) is 6.12. The molecule has 0 radical (unpaired) electrons. The van der Waals surface area contributed by atoms with Gasteiger partial charge >= 0.3 is 6.09 Å². The van der Waals surface area contributed by atoms with Crippen molar-refractivity contribution in [2.75, 3.05) is 6.54 Å². The van der Waals surface area contributed by atoms with E-state index in [2.05, 4.69) is 0 Å². The molecule has 0 atom stereocenters. The van der Waals surface area contributed by atoms with Crippen molar-refractivity contribution in [1.29, 1.82) is 0 Å². The minimum absolute atomic E-state index is 0.0804. The van der Waals surface area contributed by atoms with Gasteiger partial charge < -0.3 is 14.4 Å². The molecule has 0 aliphatic carbocycles. The summed E-state index contributed by atoms with van der Waals surface area (Å²) in [5.74, 6) is 0.151. The summed E-state index contributed by atoms with van der Waals surface area (Å²) in [7, 11) is 0. The Bertz CT molecular complexity index is 266. The highest BCUT2D eigenvalue weighted by atomic mass is 16.6. The number of amides is 1. The lowest BCUT2D eigenvalue weighted by atomic mass is 10.2. The minimum atomic E-state index is -0.481. The highest BCUT2D eigenvalue weighted by Crippen LogP contribution is 2.12. The molecule has 0 aromatic rings. The molecule has 0 unspecified atom stereocenters. The molecule has 0 aromatic heterocycles. The van der Waals surface area contributed by atoms with Crippen molar-refractivity contribution in [3.05, 3.63) is 0 Å². The number of carbonyl (C=O) groups excluding carboxylic acids is 2. The predicted molar refractivity (Wildman–Crippen MR) is 68.0 cm³/mol. The van der Waals surface area contributed by atoms with Crippen molar-refractivity contribution < 1.29 is 14.3 Å². The van der Waals surface area contributed by atoms with E-state index in [1.165, 1.54) is 0 Å². The molecule has 0 saturated carbocycles. The van der Waals surface area contributed by atoms with Crippen molar-refractivity contribution >= 4 is 11.9 Å². The molecule has 1 amide bonds. The lowest BCUT2D eigenvalue weighted by Crippen LogP contribution is -2.41. The summed E-state index contributed by atoms with van der Waals surface area (Å²) in [6, 6.07) is 0.0804. The normalized spacial score (nSPS) is 11.5. The van der Waals surface area contributed by atoms with Crippen LogP contribution in [0.25, 0.3) is 0 Å². The Hall–Kier alpha value is -1.06. The number of carbonyl (C=O) groups is 2. The summed E-state index contributed by atoms with van der Waals surface area (Å²) in [6.07, 6.45) is 0.884. The first kappa shape index (κ1) is 15.9. The molecule has 0 fully saturated rings. The standard InChI is InChI=1S/C13H25NO3/c1-10(2)14(9-7-8-11(3)15)12(16)17-13(4,5)6/h10H,7-9H2,1-6H3. The van der Waals surface area contributed by atoms with Gasteiger partial charge in [-0.25, -0.2) is 4.79 Å². The molecule has 0 saturated heterocycles. The fraction of sp³-hybridized carbons (Fsp3) is 0.846. The number of nitrogens with zero attached hydrogens (tertiary/aromatic N) is 1. The SMILES string of the molecule is CC(=O)CCCN(C(=O)OC(C)(C)C)C(C)C. The smallest absolute Gasteiger partial charge is 0.410 e. The van der Waals surface area contributed by atoms with Gasteiger partial charge in [-0.15, -0.1) is 0 Å². The number of rotatable bonds is 5. The highest BCUT2D eigenvalue weighted by molar-refractivity contribution is 5.75. The molecule has 0 aliphatic heterocycles. The number of ketones is 1. The molecule has 0 aliphatic rings. The van der Waals surface area contributed by atoms with Crippen molar-refractivity contribution in [2.45, 2.75) is 66.0 Å². The van der Waals surface area contributed by atoms with Crippen LogP contribution in [0.3, 0.4) is 0 Å². The van der Waals surface area contributed by atoms with Crippen LogP contribution in [0.1, 0.15) is 54.4 Å². The van der Waals surface area contributed by atoms with Gasteiger partial charge in [0.2, 0.25) is 0 Å². The molecule has 0 N–H and O–H groups in total. The molecule has 17 heavy (non-hydrogen) atoms. The Morgan fingerprint density at radius 1 is 1.24 bits per heavy atom. The van der Waals surface area contributed by atoms with Crippen molar-refractivity contribution in [2.24, 2.45) is 0 Å². The molecule has 100 valence electrons. The van der Waals surface area contributed by atoms with Crippen LogP contribution >= 0.6 is 0 Å². The Kier molecular flexibility index (Phi) is 6.21. The van der Waals surface area contributed by atoms with Crippen LogP contribution in [0.2, 0.25) is 0 Å². The fourth-order valence-electron chi connectivity index (χ4n) is 1.38. The summed E-state index contributed by atoms with van der Waals surface area (Å²) in [5.41, 5.74) is -0.481. The van der Waals surface area contributed by atoms with Gasteiger partial charge in [0, 0.05) is 19.0 Å². The van der Waals surface area contributed by atoms with E-state index in [9.17, 15) is 9.59 Å². The average Bonchev–Trinajstić information content (AvgIpc) is 2.07. The summed E-state index contributed by atoms with van der Waals surface area (Å²) in [5, 5.41) is 0. The molecule has 0 spiro atoms. The van der Waals surface area contributed by atoms with E-state index in [1.807, 2.05) is 34.6 Å². The lowest BCUT2D eigenvalue weighted by molar-refractivity contribution is -0.117. The van der Waals surface area contributed by atoms with E-state index >= 15 is 0 Å². The van der Waals surface area contributed by atoms with Crippen LogP contribution in [0.15, 0.2) is 0 Å². The molecular formula is C13H25NO3. The van der Waals surface area contributed by atoms with E-state index in [-0.39, 0.29) is 17.9 Å².